The summed E-state index contributed by atoms with van der Waals surface area (Å²) in [7, 11) is 0. The molecule has 3 aliphatic heterocycles. The Morgan fingerprint density at radius 2 is 1.82 bits per heavy atom. The smallest absolute Gasteiger partial charge is 0.310 e. The highest BCUT2D eigenvalue weighted by molar-refractivity contribution is 8.02. The van der Waals surface area contributed by atoms with Crippen molar-refractivity contribution >= 4 is 46.0 Å². The fourth-order valence-corrected chi connectivity index (χ4v) is 10.2. The molecule has 7 nitrogen and oxygen atoms in total. The van der Waals surface area contributed by atoms with E-state index in [9.17, 15) is 14.7 Å². The Morgan fingerprint density at radius 1 is 1.09 bits per heavy atom. The van der Waals surface area contributed by atoms with E-state index in [2.05, 4.69) is 20.1 Å². The number of likely N-dealkylation sites (tertiary alicyclic amines) is 1. The van der Waals surface area contributed by atoms with Crippen molar-refractivity contribution in [1.29, 1.82) is 0 Å². The van der Waals surface area contributed by atoms with Crippen LogP contribution in [0.5, 0.6) is 0 Å². The number of aliphatic hydroxyl groups is 1. The highest BCUT2D eigenvalue weighted by atomic mass is 32.2. The summed E-state index contributed by atoms with van der Waals surface area (Å²) in [6.45, 7) is 9.88. The van der Waals surface area contributed by atoms with E-state index in [0.717, 1.165) is 16.3 Å². The molecule has 3 aromatic carbocycles. The summed E-state index contributed by atoms with van der Waals surface area (Å²) in [4.78, 5) is 46.8. The molecule has 0 saturated carbocycles. The molecule has 1 N–H and O–H groups in total. The lowest BCUT2D eigenvalue weighted by Gasteiger charge is -2.42. The predicted molar refractivity (Wildman–Crippen MR) is 179 cm³/mol. The van der Waals surface area contributed by atoms with Gasteiger partial charge in [-0.1, -0.05) is 79.7 Å². The summed E-state index contributed by atoms with van der Waals surface area (Å²) in [5, 5.41) is 12.7. The van der Waals surface area contributed by atoms with Crippen LogP contribution in [0, 0.1) is 17.8 Å². The van der Waals surface area contributed by atoms with Crippen LogP contribution in [0.4, 0.5) is 5.69 Å². The van der Waals surface area contributed by atoms with Crippen molar-refractivity contribution < 1.29 is 24.2 Å². The Bertz CT molecular complexity index is 1610. The molecular weight excluding hydrogens is 584 g/mol. The highest BCUT2D eigenvalue weighted by Crippen LogP contribution is 2.69. The molecule has 2 bridgehead atoms. The lowest BCUT2D eigenvalue weighted by Crippen LogP contribution is -2.59. The number of hydrogen-bond acceptors (Lipinski definition) is 6. The van der Waals surface area contributed by atoms with Gasteiger partial charge in [-0.05, 0) is 53.6 Å². The molecule has 0 aliphatic carbocycles. The topological polar surface area (TPSA) is 87.2 Å². The molecule has 45 heavy (non-hydrogen) atoms. The van der Waals surface area contributed by atoms with Crippen LogP contribution in [0.3, 0.4) is 0 Å². The quantitative estimate of drug-likeness (QED) is 0.165. The third-order valence-corrected chi connectivity index (χ3v) is 11.9. The minimum Gasteiger partial charge on any atom is -0.465 e. The minimum atomic E-state index is -0.891. The first-order chi connectivity index (χ1) is 21.8. The van der Waals surface area contributed by atoms with Crippen LogP contribution < -0.4 is 4.90 Å². The average molecular weight is 625 g/mol. The maximum absolute atomic E-state index is 15.1. The lowest BCUT2D eigenvalue weighted by molar-refractivity contribution is -0.154. The van der Waals surface area contributed by atoms with E-state index in [-0.39, 0.29) is 42.7 Å². The van der Waals surface area contributed by atoms with Gasteiger partial charge in [0.15, 0.2) is 0 Å². The fraction of sp³-hybridized carbons (Fsp3) is 0.378. The number of benzene rings is 3. The van der Waals surface area contributed by atoms with Crippen molar-refractivity contribution in [2.75, 3.05) is 24.7 Å². The van der Waals surface area contributed by atoms with Gasteiger partial charge in [0.25, 0.3) is 5.91 Å². The van der Waals surface area contributed by atoms with E-state index in [1.807, 2.05) is 72.8 Å². The van der Waals surface area contributed by atoms with Gasteiger partial charge in [-0.3, -0.25) is 14.4 Å². The molecule has 3 fully saturated rings. The third kappa shape index (κ3) is 5.28. The number of ether oxygens (including phenoxy) is 1. The van der Waals surface area contributed by atoms with Gasteiger partial charge in [0.1, 0.15) is 6.04 Å². The van der Waals surface area contributed by atoms with Crippen LogP contribution in [0.1, 0.15) is 25.3 Å². The summed E-state index contributed by atoms with van der Waals surface area (Å²) in [6.07, 6.45) is 4.99. The lowest BCUT2D eigenvalue weighted by atomic mass is 9.66. The van der Waals surface area contributed by atoms with Gasteiger partial charge in [-0.2, -0.15) is 0 Å². The van der Waals surface area contributed by atoms with E-state index in [0.29, 0.717) is 24.9 Å². The van der Waals surface area contributed by atoms with Crippen LogP contribution in [0.15, 0.2) is 98.1 Å². The van der Waals surface area contributed by atoms with E-state index in [4.69, 9.17) is 4.74 Å². The van der Waals surface area contributed by atoms with Gasteiger partial charge >= 0.3 is 5.97 Å². The normalized spacial score (nSPS) is 27.3. The Balaban J connectivity index is 1.45. The highest BCUT2D eigenvalue weighted by Gasteiger charge is 2.77. The number of anilines is 1. The summed E-state index contributed by atoms with van der Waals surface area (Å²) in [5.74, 6) is -2.28. The largest absolute Gasteiger partial charge is 0.465 e. The SMILES string of the molecule is C=CCCOC(=O)[C@@H]1[C@@H]2CC(C)C3(S2)C(C(=O)N(CC=C)c2ccc4ccccc4c2)N([C@@H](CO)Cc2ccccc2)C(=O)[C@H]13. The number of fused-ring (bicyclic) bond motifs is 2. The zero-order chi connectivity index (χ0) is 31.7. The summed E-state index contributed by atoms with van der Waals surface area (Å²) in [5.41, 5.74) is 1.66. The van der Waals surface area contributed by atoms with Crippen LogP contribution in [-0.2, 0) is 25.5 Å². The second-order valence-electron chi connectivity index (χ2n) is 12.3. The van der Waals surface area contributed by atoms with Crippen LogP contribution in [0.2, 0.25) is 0 Å². The van der Waals surface area contributed by atoms with Crippen molar-refractivity contribution in [2.45, 2.75) is 48.3 Å². The monoisotopic (exact) mass is 624 g/mol. The molecule has 234 valence electrons. The molecule has 7 atom stereocenters. The summed E-state index contributed by atoms with van der Waals surface area (Å²) >= 11 is 1.61. The maximum Gasteiger partial charge on any atom is 0.310 e. The van der Waals surface area contributed by atoms with Crippen molar-refractivity contribution in [3.8, 4) is 0 Å². The first-order valence-corrected chi connectivity index (χ1v) is 16.6. The van der Waals surface area contributed by atoms with Crippen LogP contribution >= 0.6 is 11.8 Å². The van der Waals surface area contributed by atoms with Gasteiger partial charge in [0, 0.05) is 17.5 Å². The first-order valence-electron chi connectivity index (χ1n) is 15.7. The van der Waals surface area contributed by atoms with Crippen molar-refractivity contribution in [2.24, 2.45) is 17.8 Å². The van der Waals surface area contributed by atoms with Crippen molar-refractivity contribution in [1.82, 2.24) is 4.90 Å². The van der Waals surface area contributed by atoms with Gasteiger partial charge in [0.2, 0.25) is 5.91 Å². The first kappa shape index (κ1) is 31.1. The van der Waals surface area contributed by atoms with Gasteiger partial charge in [0.05, 0.1) is 35.8 Å². The van der Waals surface area contributed by atoms with Crippen molar-refractivity contribution in [3.05, 3.63) is 104 Å². The number of nitrogens with zero attached hydrogens (tertiary/aromatic N) is 2. The van der Waals surface area contributed by atoms with Gasteiger partial charge < -0.3 is 19.6 Å². The molecule has 1 spiro atoms. The molecule has 2 amide bonds. The van der Waals surface area contributed by atoms with E-state index >= 15 is 4.79 Å². The molecule has 3 unspecified atom stereocenters. The van der Waals surface area contributed by atoms with Crippen LogP contribution in [0.25, 0.3) is 10.8 Å². The second kappa shape index (κ2) is 12.9. The van der Waals surface area contributed by atoms with E-state index < -0.39 is 34.6 Å². The van der Waals surface area contributed by atoms with Crippen molar-refractivity contribution in [3.63, 3.8) is 0 Å². The molecule has 3 saturated heterocycles. The molecule has 3 aliphatic rings. The fourth-order valence-electron chi connectivity index (χ4n) is 7.82. The maximum atomic E-state index is 15.1. The number of thioether (sulfide) groups is 1. The molecule has 8 heteroatoms. The predicted octanol–water partition coefficient (Wildman–Crippen LogP) is 5.42. The molecular formula is C37H40N2O5S. The second-order valence-corrected chi connectivity index (χ2v) is 13.9. The number of carbonyl (C=O) groups excluding carboxylic acids is 3. The Kier molecular flexibility index (Phi) is 8.89. The summed E-state index contributed by atoms with van der Waals surface area (Å²) in [6, 6.07) is 22.0. The van der Waals surface area contributed by atoms with Crippen LogP contribution in [-0.4, -0.2) is 69.6 Å². The molecule has 3 heterocycles. The Hall–Kier alpha value is -3.88. The number of rotatable bonds is 12. The third-order valence-electron chi connectivity index (χ3n) is 9.80. The molecule has 0 radical (unpaired) electrons. The average Bonchev–Trinajstić information content (AvgIpc) is 3.66. The van der Waals surface area contributed by atoms with E-state index in [1.165, 1.54) is 0 Å². The van der Waals surface area contributed by atoms with Gasteiger partial charge in [-0.25, -0.2) is 0 Å². The number of carbonyl (C=O) groups is 3. The van der Waals surface area contributed by atoms with E-state index in [1.54, 1.807) is 33.7 Å². The Labute approximate surface area is 268 Å². The number of esters is 1. The van der Waals surface area contributed by atoms with Gasteiger partial charge in [-0.15, -0.1) is 24.9 Å². The molecule has 6 rings (SSSR count). The summed E-state index contributed by atoms with van der Waals surface area (Å²) < 4.78 is 4.82. The standard InChI is InChI=1S/C37H40N2O5S/c1-4-6-19-44-36(43)31-30-20-24(3)37(45-30)32(31)34(41)39(29(23-40)21-25-12-8-7-9-13-25)33(37)35(42)38(18-5-2)28-17-16-26-14-10-11-15-27(26)22-28/h4-5,7-17,22,24,29-33,40H,1-2,6,18-21,23H2,3H3/t24?,29-,30+,31-,32+,33?,37?/m1/s1. The minimum absolute atomic E-state index is 0.0177. The zero-order valence-electron chi connectivity index (χ0n) is 25.6. The number of hydrogen-bond donors (Lipinski definition) is 1. The molecule has 3 aromatic rings. The molecule has 0 aromatic heterocycles. The zero-order valence-corrected chi connectivity index (χ0v) is 26.4. The Morgan fingerprint density at radius 3 is 2.53 bits per heavy atom. The number of aliphatic hydroxyl groups excluding tert-OH is 1. The number of amides is 2.